The van der Waals surface area contributed by atoms with Gasteiger partial charge in [0.15, 0.2) is 0 Å². The van der Waals surface area contributed by atoms with Gasteiger partial charge in [0.25, 0.3) is 0 Å². The molecule has 0 radical (unpaired) electrons. The summed E-state index contributed by atoms with van der Waals surface area (Å²) in [6.45, 7) is 1.97. The highest BCUT2D eigenvalue weighted by Gasteiger charge is 1.96. The number of hydrogen-bond donors (Lipinski definition) is 2. The molecule has 2 rings (SSSR count). The van der Waals surface area contributed by atoms with Crippen molar-refractivity contribution < 1.29 is 34.7 Å². The number of benzene rings is 1. The standard InChI is InChI=1S/C15H18N2O2.2ClH/c18-8-9-19-15-5-3-13(4-6-15)10-17-12-14-2-1-7-16-11-14;;/h1-7,11,17-18H,8-10,12H2;2*1H/p-2. The largest absolute Gasteiger partial charge is 1.00 e. The molecule has 116 valence electrons. The third kappa shape index (κ3) is 7.29. The Labute approximate surface area is 137 Å². The molecule has 0 aliphatic carbocycles. The Morgan fingerprint density at radius 3 is 2.33 bits per heavy atom. The van der Waals surface area contributed by atoms with Gasteiger partial charge in [-0.25, -0.2) is 0 Å². The van der Waals surface area contributed by atoms with Crippen LogP contribution in [-0.2, 0) is 13.1 Å². The lowest BCUT2D eigenvalue weighted by atomic mass is 10.2. The van der Waals surface area contributed by atoms with Gasteiger partial charge in [0.1, 0.15) is 12.4 Å². The minimum atomic E-state index is 0. The summed E-state index contributed by atoms with van der Waals surface area (Å²) in [7, 11) is 0. The number of hydrogen-bond acceptors (Lipinski definition) is 4. The first-order chi connectivity index (χ1) is 9.38. The first-order valence-corrected chi connectivity index (χ1v) is 6.31. The number of aliphatic hydroxyl groups excluding tert-OH is 1. The summed E-state index contributed by atoms with van der Waals surface area (Å²) < 4.78 is 5.31. The van der Waals surface area contributed by atoms with Gasteiger partial charge in [-0.15, -0.1) is 0 Å². The third-order valence-electron chi connectivity index (χ3n) is 2.66. The van der Waals surface area contributed by atoms with Crippen LogP contribution in [0.1, 0.15) is 11.1 Å². The third-order valence-corrected chi connectivity index (χ3v) is 2.66. The van der Waals surface area contributed by atoms with Crippen LogP contribution in [0, 0.1) is 0 Å². The minimum Gasteiger partial charge on any atom is -1.00 e. The predicted molar refractivity (Wildman–Crippen MR) is 73.8 cm³/mol. The lowest BCUT2D eigenvalue weighted by Gasteiger charge is -2.07. The van der Waals surface area contributed by atoms with Crippen molar-refractivity contribution in [2.24, 2.45) is 0 Å². The van der Waals surface area contributed by atoms with Crippen molar-refractivity contribution in [3.8, 4) is 5.75 Å². The molecule has 0 fully saturated rings. The fourth-order valence-corrected chi connectivity index (χ4v) is 1.72. The number of aliphatic hydroxyl groups is 1. The fraction of sp³-hybridized carbons (Fsp3) is 0.267. The van der Waals surface area contributed by atoms with E-state index < -0.39 is 0 Å². The van der Waals surface area contributed by atoms with Crippen LogP contribution in [0.4, 0.5) is 0 Å². The molecule has 1 aromatic heterocycles. The van der Waals surface area contributed by atoms with Gasteiger partial charge in [-0.2, -0.15) is 0 Å². The summed E-state index contributed by atoms with van der Waals surface area (Å²) in [4.78, 5) is 4.07. The molecule has 0 aliphatic heterocycles. The van der Waals surface area contributed by atoms with Crippen molar-refractivity contribution in [2.45, 2.75) is 13.1 Å². The van der Waals surface area contributed by atoms with Crippen LogP contribution >= 0.6 is 0 Å². The smallest absolute Gasteiger partial charge is 0.119 e. The van der Waals surface area contributed by atoms with E-state index in [0.29, 0.717) is 6.61 Å². The SMILES string of the molecule is OCCOc1ccc(CNCc2cccnc2)cc1.[Cl-].[Cl-]. The van der Waals surface area contributed by atoms with Gasteiger partial charge >= 0.3 is 0 Å². The molecule has 0 unspecified atom stereocenters. The molecule has 0 amide bonds. The van der Waals surface area contributed by atoms with Gasteiger partial charge in [-0.1, -0.05) is 18.2 Å². The van der Waals surface area contributed by atoms with Gasteiger partial charge < -0.3 is 40.0 Å². The summed E-state index contributed by atoms with van der Waals surface area (Å²) >= 11 is 0. The Kier molecular flexibility index (Phi) is 10.6. The molecule has 0 atom stereocenters. The maximum absolute atomic E-state index is 8.67. The van der Waals surface area contributed by atoms with E-state index in [0.717, 1.165) is 18.8 Å². The van der Waals surface area contributed by atoms with Gasteiger partial charge in [-0.3, -0.25) is 4.98 Å². The molecule has 2 aromatic rings. The van der Waals surface area contributed by atoms with Gasteiger partial charge in [0.05, 0.1) is 6.61 Å². The first-order valence-electron chi connectivity index (χ1n) is 6.31. The van der Waals surface area contributed by atoms with Crippen molar-refractivity contribution in [2.75, 3.05) is 13.2 Å². The van der Waals surface area contributed by atoms with E-state index in [4.69, 9.17) is 9.84 Å². The number of ether oxygens (including phenoxy) is 1. The van der Waals surface area contributed by atoms with Crippen molar-refractivity contribution in [3.05, 3.63) is 59.9 Å². The van der Waals surface area contributed by atoms with Crippen LogP contribution in [-0.4, -0.2) is 23.3 Å². The van der Waals surface area contributed by atoms with Gasteiger partial charge in [0.2, 0.25) is 0 Å². The number of pyridine rings is 1. The van der Waals surface area contributed by atoms with E-state index in [9.17, 15) is 0 Å². The van der Waals surface area contributed by atoms with Crippen molar-refractivity contribution in [3.63, 3.8) is 0 Å². The van der Waals surface area contributed by atoms with E-state index in [1.807, 2.05) is 42.6 Å². The average Bonchev–Trinajstić information content (AvgIpc) is 2.47. The molecular weight excluding hydrogens is 311 g/mol. The highest BCUT2D eigenvalue weighted by Crippen LogP contribution is 2.12. The lowest BCUT2D eigenvalue weighted by Crippen LogP contribution is -3.00. The zero-order valence-electron chi connectivity index (χ0n) is 11.5. The van der Waals surface area contributed by atoms with Crippen LogP contribution in [0.2, 0.25) is 0 Å². The molecule has 1 aromatic carbocycles. The Bertz CT molecular complexity index is 481. The molecular formula is C15H18Cl2N2O2-2. The molecule has 0 saturated carbocycles. The van der Waals surface area contributed by atoms with Crippen LogP contribution in [0.3, 0.4) is 0 Å². The molecule has 6 heteroatoms. The highest BCUT2D eigenvalue weighted by atomic mass is 35.5. The van der Waals surface area contributed by atoms with E-state index in [1.165, 1.54) is 11.1 Å². The second-order valence-corrected chi connectivity index (χ2v) is 4.18. The van der Waals surface area contributed by atoms with E-state index in [2.05, 4.69) is 10.3 Å². The molecule has 0 spiro atoms. The Morgan fingerprint density at radius 1 is 1.00 bits per heavy atom. The Morgan fingerprint density at radius 2 is 1.71 bits per heavy atom. The van der Waals surface area contributed by atoms with Gasteiger partial charge in [-0.05, 0) is 29.3 Å². The van der Waals surface area contributed by atoms with Crippen LogP contribution in [0.15, 0.2) is 48.8 Å². The zero-order chi connectivity index (χ0) is 13.3. The highest BCUT2D eigenvalue weighted by molar-refractivity contribution is 5.27. The Balaban J connectivity index is 0.00000200. The number of halogens is 2. The quantitative estimate of drug-likeness (QED) is 0.540. The maximum atomic E-state index is 8.67. The van der Waals surface area contributed by atoms with Crippen LogP contribution < -0.4 is 34.9 Å². The Hall–Kier alpha value is -1.33. The predicted octanol–water partition coefficient (Wildman–Crippen LogP) is -4.25. The topological polar surface area (TPSA) is 54.4 Å². The lowest BCUT2D eigenvalue weighted by molar-refractivity contribution is -0.001000. The molecule has 2 N–H and O–H groups in total. The summed E-state index contributed by atoms with van der Waals surface area (Å²) in [6, 6.07) is 11.8. The van der Waals surface area contributed by atoms with Gasteiger partial charge in [0, 0.05) is 25.5 Å². The summed E-state index contributed by atoms with van der Waals surface area (Å²) in [5.41, 5.74) is 2.37. The summed E-state index contributed by atoms with van der Waals surface area (Å²) in [5.74, 6) is 0.782. The number of nitrogens with zero attached hydrogens (tertiary/aromatic N) is 1. The normalized spacial score (nSPS) is 9.38. The number of nitrogens with one attached hydrogen (secondary N) is 1. The second kappa shape index (κ2) is 11.3. The second-order valence-electron chi connectivity index (χ2n) is 4.18. The summed E-state index contributed by atoms with van der Waals surface area (Å²) in [6.07, 6.45) is 3.63. The van der Waals surface area contributed by atoms with E-state index >= 15 is 0 Å². The zero-order valence-corrected chi connectivity index (χ0v) is 13.0. The molecule has 1 heterocycles. The number of rotatable bonds is 7. The first kappa shape index (κ1) is 19.7. The van der Waals surface area contributed by atoms with E-state index in [1.54, 1.807) is 6.20 Å². The molecule has 0 aliphatic rings. The average molecular weight is 329 g/mol. The van der Waals surface area contributed by atoms with Crippen molar-refractivity contribution in [1.29, 1.82) is 0 Å². The van der Waals surface area contributed by atoms with Crippen molar-refractivity contribution in [1.82, 2.24) is 10.3 Å². The monoisotopic (exact) mass is 328 g/mol. The molecule has 21 heavy (non-hydrogen) atoms. The van der Waals surface area contributed by atoms with Crippen LogP contribution in [0.25, 0.3) is 0 Å². The molecule has 0 bridgehead atoms. The fourth-order valence-electron chi connectivity index (χ4n) is 1.72. The minimum absolute atomic E-state index is 0. The van der Waals surface area contributed by atoms with Crippen LogP contribution in [0.5, 0.6) is 5.75 Å². The van der Waals surface area contributed by atoms with Crippen molar-refractivity contribution >= 4 is 0 Å². The summed E-state index contributed by atoms with van der Waals surface area (Å²) in [5, 5.41) is 12.0. The molecule has 4 nitrogen and oxygen atoms in total. The maximum Gasteiger partial charge on any atom is 0.119 e. The molecule has 0 saturated heterocycles. The van der Waals surface area contributed by atoms with E-state index in [-0.39, 0.29) is 31.4 Å². The number of aromatic nitrogens is 1.